The molecule has 0 radical (unpaired) electrons. The summed E-state index contributed by atoms with van der Waals surface area (Å²) in [6.07, 6.45) is 0.968. The van der Waals surface area contributed by atoms with E-state index in [0.29, 0.717) is 31.1 Å². The fourth-order valence-corrected chi connectivity index (χ4v) is 3.73. The molecule has 29 heavy (non-hydrogen) atoms. The van der Waals surface area contributed by atoms with E-state index in [1.54, 1.807) is 6.07 Å². The summed E-state index contributed by atoms with van der Waals surface area (Å²) in [5.74, 6) is 0.186. The highest BCUT2D eigenvalue weighted by atomic mass is 16.5. The van der Waals surface area contributed by atoms with Gasteiger partial charge in [-0.1, -0.05) is 13.8 Å². The van der Waals surface area contributed by atoms with Gasteiger partial charge in [-0.15, -0.1) is 0 Å². The van der Waals surface area contributed by atoms with E-state index in [4.69, 9.17) is 4.74 Å². The second-order valence-electron chi connectivity index (χ2n) is 7.92. The smallest absolute Gasteiger partial charge is 0.332 e. The first-order valence-corrected chi connectivity index (χ1v) is 9.96. The molecule has 1 fully saturated rings. The van der Waals surface area contributed by atoms with Crippen LogP contribution in [0.5, 0.6) is 0 Å². The molecule has 9 nitrogen and oxygen atoms in total. The zero-order chi connectivity index (χ0) is 21.1. The SMILES string of the molecule is CC(C)CC(CNC(=O)c1ccc2c(=O)n(C)c(=O)n(C)c2n1)N1CCOCC1. The van der Waals surface area contributed by atoms with Gasteiger partial charge in [0.2, 0.25) is 0 Å². The number of fused-ring (bicyclic) bond motifs is 1. The number of rotatable bonds is 6. The summed E-state index contributed by atoms with van der Waals surface area (Å²) >= 11 is 0. The van der Waals surface area contributed by atoms with Crippen LogP contribution in [0.15, 0.2) is 21.7 Å². The fourth-order valence-electron chi connectivity index (χ4n) is 3.73. The van der Waals surface area contributed by atoms with Crippen molar-refractivity contribution in [3.8, 4) is 0 Å². The molecule has 2 aromatic rings. The van der Waals surface area contributed by atoms with Crippen molar-refractivity contribution in [2.24, 2.45) is 20.0 Å². The van der Waals surface area contributed by atoms with E-state index in [1.165, 1.54) is 24.7 Å². The van der Waals surface area contributed by atoms with Gasteiger partial charge in [0.25, 0.3) is 11.5 Å². The Morgan fingerprint density at radius 1 is 1.17 bits per heavy atom. The average Bonchev–Trinajstić information content (AvgIpc) is 2.73. The van der Waals surface area contributed by atoms with Crippen LogP contribution in [0, 0.1) is 5.92 Å². The number of nitrogens with zero attached hydrogens (tertiary/aromatic N) is 4. The first kappa shape index (κ1) is 21.2. The van der Waals surface area contributed by atoms with Crippen molar-refractivity contribution >= 4 is 16.9 Å². The summed E-state index contributed by atoms with van der Waals surface area (Å²) in [6.45, 7) is 7.96. The fraction of sp³-hybridized carbons (Fsp3) is 0.600. The molecule has 158 valence electrons. The molecule has 1 saturated heterocycles. The number of aromatic nitrogens is 3. The Hall–Kier alpha value is -2.52. The summed E-state index contributed by atoms with van der Waals surface area (Å²) in [5, 5.41) is 3.27. The Morgan fingerprint density at radius 2 is 1.86 bits per heavy atom. The minimum absolute atomic E-state index is 0.186. The van der Waals surface area contributed by atoms with E-state index in [2.05, 4.69) is 29.0 Å². The van der Waals surface area contributed by atoms with Crippen molar-refractivity contribution in [2.45, 2.75) is 26.3 Å². The number of carbonyl (C=O) groups is 1. The number of nitrogens with one attached hydrogen (secondary N) is 1. The van der Waals surface area contributed by atoms with Crippen LogP contribution in [0.25, 0.3) is 11.0 Å². The number of ether oxygens (including phenoxy) is 1. The predicted octanol–water partition coefficient (Wildman–Crippen LogP) is 0.109. The van der Waals surface area contributed by atoms with Crippen molar-refractivity contribution < 1.29 is 9.53 Å². The molecule has 1 amide bonds. The van der Waals surface area contributed by atoms with Crippen molar-refractivity contribution in [3.05, 3.63) is 38.7 Å². The number of aryl methyl sites for hydroxylation is 1. The Morgan fingerprint density at radius 3 is 2.52 bits per heavy atom. The number of hydrogen-bond acceptors (Lipinski definition) is 6. The van der Waals surface area contributed by atoms with Crippen LogP contribution in [0.1, 0.15) is 30.8 Å². The second-order valence-corrected chi connectivity index (χ2v) is 7.92. The molecule has 0 aromatic carbocycles. The number of pyridine rings is 1. The molecule has 1 unspecified atom stereocenters. The Labute approximate surface area is 169 Å². The summed E-state index contributed by atoms with van der Waals surface area (Å²) < 4.78 is 7.75. The minimum Gasteiger partial charge on any atom is -0.379 e. The van der Waals surface area contributed by atoms with Crippen LogP contribution in [0.4, 0.5) is 0 Å². The van der Waals surface area contributed by atoms with Gasteiger partial charge < -0.3 is 10.1 Å². The molecular weight excluding hydrogens is 374 g/mol. The van der Waals surface area contributed by atoms with Crippen LogP contribution in [-0.2, 0) is 18.8 Å². The van der Waals surface area contributed by atoms with Crippen molar-refractivity contribution in [2.75, 3.05) is 32.8 Å². The maximum Gasteiger partial charge on any atom is 0.332 e. The van der Waals surface area contributed by atoms with Gasteiger partial charge in [0.05, 0.1) is 18.6 Å². The van der Waals surface area contributed by atoms with E-state index in [-0.39, 0.29) is 23.3 Å². The van der Waals surface area contributed by atoms with E-state index in [0.717, 1.165) is 24.1 Å². The third-order valence-electron chi connectivity index (χ3n) is 5.34. The molecule has 9 heteroatoms. The first-order chi connectivity index (χ1) is 13.8. The lowest BCUT2D eigenvalue weighted by molar-refractivity contribution is 0.0124. The molecule has 1 aliphatic rings. The molecule has 0 saturated carbocycles. The van der Waals surface area contributed by atoms with Gasteiger partial charge in [0.1, 0.15) is 11.3 Å². The Kier molecular flexibility index (Phi) is 6.49. The van der Waals surface area contributed by atoms with Gasteiger partial charge in [0.15, 0.2) is 0 Å². The molecular formula is C20H29N5O4. The van der Waals surface area contributed by atoms with Crippen LogP contribution in [-0.4, -0.2) is 63.8 Å². The molecule has 0 bridgehead atoms. The van der Waals surface area contributed by atoms with E-state index >= 15 is 0 Å². The topological polar surface area (TPSA) is 98.5 Å². The minimum atomic E-state index is -0.475. The summed E-state index contributed by atoms with van der Waals surface area (Å²) in [6, 6.07) is 3.29. The van der Waals surface area contributed by atoms with Crippen LogP contribution in [0.2, 0.25) is 0 Å². The quantitative estimate of drug-likeness (QED) is 0.735. The summed E-state index contributed by atoms with van der Waals surface area (Å²) in [4.78, 5) is 43.8. The van der Waals surface area contributed by atoms with Gasteiger partial charge in [-0.05, 0) is 24.5 Å². The summed E-state index contributed by atoms with van der Waals surface area (Å²) in [5.41, 5.74) is -0.507. The Bertz CT molecular complexity index is 1000. The Balaban J connectivity index is 1.79. The molecule has 3 rings (SSSR count). The summed E-state index contributed by atoms with van der Waals surface area (Å²) in [7, 11) is 2.96. The molecule has 3 heterocycles. The number of amides is 1. The molecule has 2 aromatic heterocycles. The molecule has 0 spiro atoms. The molecule has 0 aliphatic carbocycles. The van der Waals surface area contributed by atoms with Gasteiger partial charge >= 0.3 is 5.69 Å². The predicted molar refractivity (Wildman–Crippen MR) is 110 cm³/mol. The normalized spacial score (nSPS) is 16.3. The number of carbonyl (C=O) groups excluding carboxylic acids is 1. The highest BCUT2D eigenvalue weighted by molar-refractivity contribution is 5.94. The molecule has 1 aliphatic heterocycles. The maximum atomic E-state index is 12.7. The zero-order valence-electron chi connectivity index (χ0n) is 17.5. The van der Waals surface area contributed by atoms with Gasteiger partial charge in [0, 0.05) is 39.8 Å². The number of morpholine rings is 1. The van der Waals surface area contributed by atoms with Gasteiger partial charge in [-0.25, -0.2) is 9.78 Å². The first-order valence-electron chi connectivity index (χ1n) is 9.96. The molecule has 1 N–H and O–H groups in total. The lowest BCUT2D eigenvalue weighted by Crippen LogP contribution is -2.49. The third kappa shape index (κ3) is 4.56. The highest BCUT2D eigenvalue weighted by Crippen LogP contribution is 2.13. The van der Waals surface area contributed by atoms with Crippen molar-refractivity contribution in [3.63, 3.8) is 0 Å². The van der Waals surface area contributed by atoms with Gasteiger partial charge in [-0.2, -0.15) is 0 Å². The van der Waals surface area contributed by atoms with Crippen LogP contribution < -0.4 is 16.6 Å². The van der Waals surface area contributed by atoms with Crippen LogP contribution >= 0.6 is 0 Å². The van der Waals surface area contributed by atoms with Gasteiger partial charge in [-0.3, -0.25) is 23.6 Å². The third-order valence-corrected chi connectivity index (χ3v) is 5.34. The number of hydrogen-bond donors (Lipinski definition) is 1. The maximum absolute atomic E-state index is 12.7. The largest absolute Gasteiger partial charge is 0.379 e. The average molecular weight is 403 g/mol. The van der Waals surface area contributed by atoms with Crippen molar-refractivity contribution in [1.82, 2.24) is 24.3 Å². The van der Waals surface area contributed by atoms with E-state index < -0.39 is 11.2 Å². The lowest BCUT2D eigenvalue weighted by atomic mass is 10.0. The second kappa shape index (κ2) is 8.87. The molecule has 1 atom stereocenters. The van der Waals surface area contributed by atoms with Crippen molar-refractivity contribution in [1.29, 1.82) is 0 Å². The monoisotopic (exact) mass is 403 g/mol. The van der Waals surface area contributed by atoms with E-state index in [1.807, 2.05) is 0 Å². The lowest BCUT2D eigenvalue weighted by Gasteiger charge is -2.35. The highest BCUT2D eigenvalue weighted by Gasteiger charge is 2.23. The van der Waals surface area contributed by atoms with Crippen LogP contribution in [0.3, 0.4) is 0 Å². The standard InChI is InChI=1S/C20H29N5O4/c1-13(2)11-14(25-7-9-29-10-8-25)12-21-18(26)16-6-5-15-17(22-16)23(3)20(28)24(4)19(15)27/h5-6,13-14H,7-12H2,1-4H3,(H,21,26). The zero-order valence-corrected chi connectivity index (χ0v) is 17.5. The van der Waals surface area contributed by atoms with E-state index in [9.17, 15) is 14.4 Å².